The third-order valence-corrected chi connectivity index (χ3v) is 16.6. The Bertz CT molecular complexity index is 3540. The lowest BCUT2D eigenvalue weighted by Gasteiger charge is -2.46. The molecule has 0 unspecified atom stereocenters. The highest BCUT2D eigenvalue weighted by molar-refractivity contribution is 7.00. The predicted octanol–water partition coefficient (Wildman–Crippen LogP) is 18.3. The Morgan fingerprint density at radius 2 is 0.697 bits per heavy atom. The maximum atomic E-state index is 2.66. The van der Waals surface area contributed by atoms with Crippen molar-refractivity contribution in [3.05, 3.63) is 191 Å². The maximum Gasteiger partial charge on any atom is 0.252 e. The number of fused-ring (bicyclic) bond motifs is 7. The van der Waals surface area contributed by atoms with Gasteiger partial charge in [-0.1, -0.05) is 203 Å². The Balaban J connectivity index is 1.31. The van der Waals surface area contributed by atoms with Crippen LogP contribution in [0, 0.1) is 0 Å². The van der Waals surface area contributed by atoms with E-state index in [2.05, 4.69) is 297 Å². The van der Waals surface area contributed by atoms with Crippen molar-refractivity contribution in [3.63, 3.8) is 0 Å². The van der Waals surface area contributed by atoms with Crippen LogP contribution in [0.25, 0.3) is 38.6 Å². The fourth-order valence-corrected chi connectivity index (χ4v) is 11.9. The standard InChI is InChI=1S/C72H80BN3/c1-67(2,3)47-29-32-62-58(43-47)73-59-44-48(68(4,5)6)30-33-63(59)76(55-41-51(71(13,14)15)38-52(42-55)72(16,17)18)65-36-46(35-64(66(65)73)75(62)54-39-49(69(7,8)9)37-50(40-54)70(10,11)12)45-28-31-61-57(34-45)56-26-22-23-27-60(56)74(61)53-24-20-19-21-25-53/h19-44H,1-18H3. The highest BCUT2D eigenvalue weighted by Gasteiger charge is 2.45. The second-order valence-electron chi connectivity index (χ2n) is 28.5. The van der Waals surface area contributed by atoms with Crippen LogP contribution in [0.5, 0.6) is 0 Å². The highest BCUT2D eigenvalue weighted by atomic mass is 15.2. The minimum atomic E-state index is -0.0786. The lowest BCUT2D eigenvalue weighted by atomic mass is 9.33. The molecule has 1 aromatic heterocycles. The summed E-state index contributed by atoms with van der Waals surface area (Å²) < 4.78 is 2.43. The zero-order chi connectivity index (χ0) is 54.4. The van der Waals surface area contributed by atoms with Gasteiger partial charge in [0.2, 0.25) is 0 Å². The van der Waals surface area contributed by atoms with Crippen molar-refractivity contribution in [2.45, 2.75) is 157 Å². The van der Waals surface area contributed by atoms with Gasteiger partial charge in [0.15, 0.2) is 0 Å². The Kier molecular flexibility index (Phi) is 11.7. The molecule has 0 N–H and O–H groups in total. The number of aromatic nitrogens is 1. The topological polar surface area (TPSA) is 11.4 Å². The van der Waals surface area contributed by atoms with Crippen LogP contribution in [0.1, 0.15) is 158 Å². The average Bonchev–Trinajstić information content (AvgIpc) is 3.84. The van der Waals surface area contributed by atoms with E-state index in [1.807, 2.05) is 0 Å². The molecule has 0 bridgehead atoms. The number of benzene rings is 8. The number of para-hydroxylation sites is 2. The Labute approximate surface area is 456 Å². The van der Waals surface area contributed by atoms with E-state index in [1.54, 1.807) is 0 Å². The van der Waals surface area contributed by atoms with Gasteiger partial charge >= 0.3 is 0 Å². The van der Waals surface area contributed by atoms with Gasteiger partial charge < -0.3 is 14.4 Å². The number of rotatable bonds is 4. The summed E-state index contributed by atoms with van der Waals surface area (Å²) in [6, 6.07) is 61.8. The first-order valence-corrected chi connectivity index (χ1v) is 27.9. The molecule has 8 aromatic carbocycles. The predicted molar refractivity (Wildman–Crippen MR) is 332 cm³/mol. The van der Waals surface area contributed by atoms with Gasteiger partial charge in [-0.05, 0) is 172 Å². The first-order chi connectivity index (χ1) is 35.5. The molecule has 0 fully saturated rings. The van der Waals surface area contributed by atoms with Gasteiger partial charge in [0.1, 0.15) is 0 Å². The SMILES string of the molecule is CC(C)(C)c1cc(N2c3ccc(C(C)(C)C)cc3B3c4cc(C(C)(C)C)ccc4N(c4cc(C(C)(C)C)cc(C(C)(C)C)c4)c4cc(-c5ccc6c(c5)c5ccccc5n6-c5ccccc5)cc2c43)cc(C(C)(C)C)c1. The summed E-state index contributed by atoms with van der Waals surface area (Å²) in [6.07, 6.45) is 0. The molecule has 0 amide bonds. The van der Waals surface area contributed by atoms with E-state index in [-0.39, 0.29) is 39.2 Å². The van der Waals surface area contributed by atoms with Gasteiger partial charge in [-0.2, -0.15) is 0 Å². The minimum absolute atomic E-state index is 0.0340. The molecule has 4 heteroatoms. The summed E-state index contributed by atoms with van der Waals surface area (Å²) in [4.78, 5) is 5.32. The number of hydrogen-bond acceptors (Lipinski definition) is 2. The molecule has 3 nitrogen and oxygen atoms in total. The lowest BCUT2D eigenvalue weighted by molar-refractivity contribution is 0.568. The quantitative estimate of drug-likeness (QED) is 0.163. The third kappa shape index (κ3) is 8.78. The van der Waals surface area contributed by atoms with Crippen molar-refractivity contribution in [1.29, 1.82) is 0 Å². The zero-order valence-electron chi connectivity index (χ0n) is 48.9. The monoisotopic (exact) mass is 998 g/mol. The minimum Gasteiger partial charge on any atom is -0.311 e. The molecule has 0 radical (unpaired) electrons. The van der Waals surface area contributed by atoms with Crippen LogP contribution in [0.15, 0.2) is 158 Å². The van der Waals surface area contributed by atoms with E-state index in [1.165, 1.54) is 117 Å². The van der Waals surface area contributed by atoms with Gasteiger partial charge in [-0.3, -0.25) is 0 Å². The van der Waals surface area contributed by atoms with Crippen LogP contribution < -0.4 is 26.2 Å². The smallest absolute Gasteiger partial charge is 0.252 e. The summed E-state index contributed by atoms with van der Waals surface area (Å²) in [6.45, 7) is 42.5. The summed E-state index contributed by atoms with van der Waals surface area (Å²) in [5.41, 5.74) is 25.0. The summed E-state index contributed by atoms with van der Waals surface area (Å²) >= 11 is 0. The molecule has 2 aliphatic rings. The van der Waals surface area contributed by atoms with Crippen molar-refractivity contribution in [2.24, 2.45) is 0 Å². The zero-order valence-corrected chi connectivity index (χ0v) is 48.9. The van der Waals surface area contributed by atoms with Gasteiger partial charge in [0.25, 0.3) is 6.71 Å². The second-order valence-corrected chi connectivity index (χ2v) is 28.5. The molecular formula is C72H80BN3. The summed E-state index contributed by atoms with van der Waals surface area (Å²) in [5, 5.41) is 2.50. The van der Waals surface area contributed by atoms with E-state index < -0.39 is 0 Å². The van der Waals surface area contributed by atoms with Crippen molar-refractivity contribution >= 4 is 79.0 Å². The molecule has 76 heavy (non-hydrogen) atoms. The molecule has 3 heterocycles. The van der Waals surface area contributed by atoms with Gasteiger partial charge in [-0.25, -0.2) is 0 Å². The molecule has 386 valence electrons. The van der Waals surface area contributed by atoms with Crippen LogP contribution in [0.4, 0.5) is 34.1 Å². The fourth-order valence-electron chi connectivity index (χ4n) is 11.9. The highest BCUT2D eigenvalue weighted by Crippen LogP contribution is 2.50. The van der Waals surface area contributed by atoms with Crippen molar-refractivity contribution < 1.29 is 0 Å². The maximum absolute atomic E-state index is 2.66. The van der Waals surface area contributed by atoms with E-state index in [0.717, 1.165) is 5.69 Å². The van der Waals surface area contributed by atoms with Gasteiger partial charge in [0, 0.05) is 50.6 Å². The van der Waals surface area contributed by atoms with Crippen molar-refractivity contribution in [3.8, 4) is 16.8 Å². The van der Waals surface area contributed by atoms with Crippen LogP contribution >= 0.6 is 0 Å². The molecule has 2 aliphatic heterocycles. The van der Waals surface area contributed by atoms with Gasteiger partial charge in [-0.15, -0.1) is 0 Å². The molecule has 0 saturated carbocycles. The average molecular weight is 998 g/mol. The van der Waals surface area contributed by atoms with E-state index in [0.29, 0.717) is 0 Å². The number of hydrogen-bond donors (Lipinski definition) is 0. The van der Waals surface area contributed by atoms with Crippen LogP contribution in [-0.4, -0.2) is 11.3 Å². The molecular weight excluding hydrogens is 918 g/mol. The third-order valence-electron chi connectivity index (χ3n) is 16.6. The Morgan fingerprint density at radius 1 is 0.289 bits per heavy atom. The van der Waals surface area contributed by atoms with Crippen molar-refractivity contribution in [1.82, 2.24) is 4.57 Å². The summed E-state index contributed by atoms with van der Waals surface area (Å²) in [7, 11) is 0. The molecule has 11 rings (SSSR count). The van der Waals surface area contributed by atoms with Gasteiger partial charge in [0.05, 0.1) is 11.0 Å². The molecule has 0 atom stereocenters. The van der Waals surface area contributed by atoms with Crippen LogP contribution in [0.3, 0.4) is 0 Å². The molecule has 0 saturated heterocycles. The van der Waals surface area contributed by atoms with E-state index >= 15 is 0 Å². The number of nitrogens with zero attached hydrogens (tertiary/aromatic N) is 3. The molecule has 0 spiro atoms. The second kappa shape index (κ2) is 17.4. The Hall–Kier alpha value is -6.78. The largest absolute Gasteiger partial charge is 0.311 e. The van der Waals surface area contributed by atoms with E-state index in [9.17, 15) is 0 Å². The summed E-state index contributed by atoms with van der Waals surface area (Å²) in [5.74, 6) is 0. The fraction of sp³-hybridized carbons (Fsp3) is 0.333. The normalized spacial score (nSPS) is 14.1. The lowest BCUT2D eigenvalue weighted by Crippen LogP contribution is -2.61. The first kappa shape index (κ1) is 51.3. The van der Waals surface area contributed by atoms with Crippen molar-refractivity contribution in [2.75, 3.05) is 9.80 Å². The van der Waals surface area contributed by atoms with E-state index in [4.69, 9.17) is 0 Å². The Morgan fingerprint density at radius 3 is 1.13 bits per heavy atom. The van der Waals surface area contributed by atoms with Crippen LogP contribution in [-0.2, 0) is 32.5 Å². The number of anilines is 6. The molecule has 9 aromatic rings. The first-order valence-electron chi connectivity index (χ1n) is 27.9. The van der Waals surface area contributed by atoms with Crippen LogP contribution in [0.2, 0.25) is 0 Å². The molecule has 0 aliphatic carbocycles.